The molecule has 0 fully saturated rings. The van der Waals surface area contributed by atoms with Gasteiger partial charge >= 0.3 is 11.9 Å². The van der Waals surface area contributed by atoms with Crippen molar-refractivity contribution in [3.05, 3.63) is 24.8 Å². The Morgan fingerprint density at radius 1 is 1.25 bits per heavy atom. The Bertz CT molecular complexity index is 361. The van der Waals surface area contributed by atoms with Gasteiger partial charge in [-0.05, 0) is 13.3 Å². The summed E-state index contributed by atoms with van der Waals surface area (Å²) in [6.45, 7) is 9.71. The van der Waals surface area contributed by atoms with Crippen LogP contribution in [0.1, 0.15) is 46.0 Å². The number of carbonyl (C=O) groups is 2. The number of hydrogen-bond donors (Lipinski definition) is 1. The number of ether oxygens (including phenoxy) is 2. The van der Waals surface area contributed by atoms with Crippen molar-refractivity contribution in [2.75, 3.05) is 6.61 Å². The second-order valence-electron chi connectivity index (χ2n) is 4.67. The fraction of sp³-hybridized carbons (Fsp3) is 0.600. The molecule has 5 heteroatoms. The molecule has 1 N–H and O–H groups in total. The predicted octanol–water partition coefficient (Wildman–Crippen LogP) is 2.49. The second kappa shape index (κ2) is 9.31. The topological polar surface area (TPSA) is 72.8 Å². The third-order valence-electron chi connectivity index (χ3n) is 2.73. The molecule has 0 aliphatic rings. The minimum atomic E-state index is -1.66. The Morgan fingerprint density at radius 3 is 2.35 bits per heavy atom. The zero-order chi connectivity index (χ0) is 15.6. The van der Waals surface area contributed by atoms with E-state index in [4.69, 9.17) is 9.47 Å². The van der Waals surface area contributed by atoms with Crippen molar-refractivity contribution in [1.82, 2.24) is 0 Å². The SMILES string of the molecule is C=CC(=O)OC(CO)(CCCCCC)OC(=O)C(=C)C. The van der Waals surface area contributed by atoms with Gasteiger partial charge in [-0.1, -0.05) is 39.3 Å². The van der Waals surface area contributed by atoms with Gasteiger partial charge in [0.1, 0.15) is 6.61 Å². The molecule has 5 nitrogen and oxygen atoms in total. The normalized spacial score (nSPS) is 13.2. The average molecular weight is 284 g/mol. The minimum Gasteiger partial charge on any atom is -0.417 e. The lowest BCUT2D eigenvalue weighted by atomic mass is 10.1. The van der Waals surface area contributed by atoms with Crippen molar-refractivity contribution in [3.63, 3.8) is 0 Å². The molecule has 0 aliphatic carbocycles. The molecule has 0 aromatic carbocycles. The van der Waals surface area contributed by atoms with Crippen LogP contribution in [0.25, 0.3) is 0 Å². The van der Waals surface area contributed by atoms with Crippen molar-refractivity contribution in [2.45, 2.75) is 51.7 Å². The summed E-state index contributed by atoms with van der Waals surface area (Å²) < 4.78 is 10.2. The van der Waals surface area contributed by atoms with E-state index in [1.807, 2.05) is 0 Å². The molecule has 0 saturated carbocycles. The summed E-state index contributed by atoms with van der Waals surface area (Å²) in [7, 11) is 0. The van der Waals surface area contributed by atoms with E-state index in [1.54, 1.807) is 0 Å². The van der Waals surface area contributed by atoms with Gasteiger partial charge in [0.2, 0.25) is 0 Å². The largest absolute Gasteiger partial charge is 0.417 e. The molecular formula is C15H24O5. The Kier molecular flexibility index (Phi) is 8.56. The number of esters is 2. The van der Waals surface area contributed by atoms with Crippen LogP contribution in [0.4, 0.5) is 0 Å². The van der Waals surface area contributed by atoms with E-state index in [-0.39, 0.29) is 12.0 Å². The van der Waals surface area contributed by atoms with Gasteiger partial charge in [0.05, 0.1) is 0 Å². The third kappa shape index (κ3) is 6.52. The van der Waals surface area contributed by atoms with Crippen molar-refractivity contribution in [3.8, 4) is 0 Å². The van der Waals surface area contributed by atoms with Crippen molar-refractivity contribution < 1.29 is 24.2 Å². The van der Waals surface area contributed by atoms with Crippen LogP contribution in [0.5, 0.6) is 0 Å². The summed E-state index contributed by atoms with van der Waals surface area (Å²) in [6, 6.07) is 0. The molecule has 0 rings (SSSR count). The summed E-state index contributed by atoms with van der Waals surface area (Å²) in [5, 5.41) is 9.49. The van der Waals surface area contributed by atoms with Crippen molar-refractivity contribution >= 4 is 11.9 Å². The van der Waals surface area contributed by atoms with Crippen LogP contribution in [0.15, 0.2) is 24.8 Å². The van der Waals surface area contributed by atoms with Crippen LogP contribution in [0.2, 0.25) is 0 Å². The van der Waals surface area contributed by atoms with Crippen LogP contribution >= 0.6 is 0 Å². The van der Waals surface area contributed by atoms with Crippen LogP contribution in [-0.4, -0.2) is 29.4 Å². The number of rotatable bonds is 10. The number of carbonyl (C=O) groups excluding carboxylic acids is 2. The fourth-order valence-corrected chi connectivity index (χ4v) is 1.57. The Hall–Kier alpha value is -1.62. The van der Waals surface area contributed by atoms with Gasteiger partial charge in [-0.3, -0.25) is 0 Å². The highest BCUT2D eigenvalue weighted by atomic mass is 16.7. The van der Waals surface area contributed by atoms with E-state index in [1.165, 1.54) is 6.92 Å². The van der Waals surface area contributed by atoms with Gasteiger partial charge in [-0.25, -0.2) is 9.59 Å². The van der Waals surface area contributed by atoms with E-state index in [9.17, 15) is 14.7 Å². The molecule has 0 amide bonds. The highest BCUT2D eigenvalue weighted by Gasteiger charge is 2.37. The van der Waals surface area contributed by atoms with Gasteiger partial charge in [-0.2, -0.15) is 0 Å². The van der Waals surface area contributed by atoms with E-state index in [0.717, 1.165) is 25.3 Å². The smallest absolute Gasteiger partial charge is 0.336 e. The molecule has 0 saturated heterocycles. The first-order valence-electron chi connectivity index (χ1n) is 6.76. The minimum absolute atomic E-state index is 0.172. The summed E-state index contributed by atoms with van der Waals surface area (Å²) >= 11 is 0. The summed E-state index contributed by atoms with van der Waals surface area (Å²) in [5.74, 6) is -3.11. The molecule has 0 heterocycles. The van der Waals surface area contributed by atoms with E-state index in [2.05, 4.69) is 20.1 Å². The number of aliphatic hydroxyl groups is 1. The van der Waals surface area contributed by atoms with Gasteiger partial charge in [0.25, 0.3) is 5.79 Å². The zero-order valence-corrected chi connectivity index (χ0v) is 12.3. The monoisotopic (exact) mass is 284 g/mol. The van der Waals surface area contributed by atoms with E-state index < -0.39 is 24.3 Å². The van der Waals surface area contributed by atoms with Gasteiger partial charge in [0.15, 0.2) is 0 Å². The standard InChI is InChI=1S/C15H24O5/c1-5-7-8-9-10-15(11-16,19-13(17)6-2)20-14(18)12(3)4/h6,16H,2-3,5,7-11H2,1,4H3. The van der Waals surface area contributed by atoms with Crippen LogP contribution in [0.3, 0.4) is 0 Å². The molecule has 20 heavy (non-hydrogen) atoms. The Labute approximate surface area is 120 Å². The lowest BCUT2D eigenvalue weighted by Crippen LogP contribution is -2.43. The molecule has 1 unspecified atom stereocenters. The number of aliphatic hydroxyl groups excluding tert-OH is 1. The highest BCUT2D eigenvalue weighted by Crippen LogP contribution is 2.23. The van der Waals surface area contributed by atoms with Gasteiger partial charge in [-0.15, -0.1) is 0 Å². The summed E-state index contributed by atoms with van der Waals surface area (Å²) in [6.07, 6.45) is 4.83. The molecular weight excluding hydrogens is 260 g/mol. The molecule has 0 radical (unpaired) electrons. The lowest BCUT2D eigenvalue weighted by Gasteiger charge is -2.30. The predicted molar refractivity (Wildman–Crippen MR) is 75.8 cm³/mol. The maximum Gasteiger partial charge on any atom is 0.336 e. The summed E-state index contributed by atoms with van der Waals surface area (Å²) in [5.41, 5.74) is 0.172. The van der Waals surface area contributed by atoms with Crippen molar-refractivity contribution in [1.29, 1.82) is 0 Å². The van der Waals surface area contributed by atoms with Crippen LogP contribution in [-0.2, 0) is 19.1 Å². The van der Waals surface area contributed by atoms with Gasteiger partial charge < -0.3 is 14.6 Å². The van der Waals surface area contributed by atoms with E-state index >= 15 is 0 Å². The van der Waals surface area contributed by atoms with Crippen molar-refractivity contribution in [2.24, 2.45) is 0 Å². The van der Waals surface area contributed by atoms with Crippen LogP contribution < -0.4 is 0 Å². The molecule has 0 bridgehead atoms. The number of unbranched alkanes of at least 4 members (excludes halogenated alkanes) is 3. The maximum absolute atomic E-state index is 11.6. The molecule has 0 aliphatic heterocycles. The average Bonchev–Trinajstić information content (AvgIpc) is 2.42. The first-order valence-corrected chi connectivity index (χ1v) is 6.76. The lowest BCUT2D eigenvalue weighted by molar-refractivity contribution is -0.238. The molecule has 114 valence electrons. The van der Waals surface area contributed by atoms with Gasteiger partial charge in [0, 0.05) is 18.1 Å². The van der Waals surface area contributed by atoms with Crippen LogP contribution in [0, 0.1) is 0 Å². The van der Waals surface area contributed by atoms with E-state index in [0.29, 0.717) is 6.42 Å². The quantitative estimate of drug-likeness (QED) is 0.289. The molecule has 0 aromatic heterocycles. The molecule has 0 spiro atoms. The molecule has 0 aromatic rings. The Balaban J connectivity index is 4.86. The second-order valence-corrected chi connectivity index (χ2v) is 4.67. The highest BCUT2D eigenvalue weighted by molar-refractivity contribution is 5.87. The first kappa shape index (κ1) is 18.4. The third-order valence-corrected chi connectivity index (χ3v) is 2.73. The Morgan fingerprint density at radius 2 is 1.90 bits per heavy atom. The maximum atomic E-state index is 11.6. The summed E-state index contributed by atoms with van der Waals surface area (Å²) in [4.78, 5) is 23.0. The fourth-order valence-electron chi connectivity index (χ4n) is 1.57. The zero-order valence-electron chi connectivity index (χ0n) is 12.3. The first-order chi connectivity index (χ1) is 9.40. The molecule has 1 atom stereocenters. The number of hydrogen-bond acceptors (Lipinski definition) is 5.